The smallest absolute Gasteiger partial charge is 0.431 e. The quantitative estimate of drug-likeness (QED) is 0.130. The van der Waals surface area contributed by atoms with Crippen LogP contribution in [0.15, 0.2) is 96.1 Å². The number of benzene rings is 4. The lowest BCUT2D eigenvalue weighted by molar-refractivity contribution is -0.147. The van der Waals surface area contributed by atoms with Crippen LogP contribution in [0.5, 0.6) is 5.75 Å². The molecule has 1 aliphatic carbocycles. The highest BCUT2D eigenvalue weighted by Gasteiger charge is 2.54. The van der Waals surface area contributed by atoms with Crippen molar-refractivity contribution in [1.29, 1.82) is 0 Å². The number of ether oxygens (including phenoxy) is 2. The minimum absolute atomic E-state index is 0.0386. The predicted octanol–water partition coefficient (Wildman–Crippen LogP) is 8.67. The highest BCUT2D eigenvalue weighted by Crippen LogP contribution is 2.44. The van der Waals surface area contributed by atoms with E-state index < -0.39 is 29.8 Å². The van der Waals surface area contributed by atoms with E-state index >= 15 is 0 Å². The molecule has 6 rings (SSSR count). The fourth-order valence-corrected chi connectivity index (χ4v) is 5.99. The van der Waals surface area contributed by atoms with Crippen molar-refractivity contribution in [3.63, 3.8) is 0 Å². The maximum Gasteiger partial charge on any atom is 0.431 e. The highest BCUT2D eigenvalue weighted by molar-refractivity contribution is 6.01. The number of methoxy groups -OCH3 is 1. The van der Waals surface area contributed by atoms with Gasteiger partial charge in [0, 0.05) is 11.5 Å². The van der Waals surface area contributed by atoms with Crippen molar-refractivity contribution >= 4 is 17.4 Å². The van der Waals surface area contributed by atoms with Gasteiger partial charge in [-0.25, -0.2) is 9.18 Å². The van der Waals surface area contributed by atoms with Gasteiger partial charge in [-0.15, -0.1) is 0 Å². The predicted molar refractivity (Wildman–Crippen MR) is 169 cm³/mol. The van der Waals surface area contributed by atoms with Crippen molar-refractivity contribution in [2.45, 2.75) is 51.4 Å². The summed E-state index contributed by atoms with van der Waals surface area (Å²) < 4.78 is 68.2. The van der Waals surface area contributed by atoms with Crippen molar-refractivity contribution < 1.29 is 31.8 Å². The van der Waals surface area contributed by atoms with Gasteiger partial charge in [-0.2, -0.15) is 18.3 Å². The molecule has 0 aromatic heterocycles. The Kier molecular flexibility index (Phi) is 8.84. The third kappa shape index (κ3) is 6.93. The first-order valence-corrected chi connectivity index (χ1v) is 15.3. The number of hydrazone groups is 1. The van der Waals surface area contributed by atoms with Gasteiger partial charge < -0.3 is 9.47 Å². The Labute approximate surface area is 265 Å². The van der Waals surface area contributed by atoms with Crippen molar-refractivity contribution in [2.24, 2.45) is 16.9 Å². The normalized spacial score (nSPS) is 18.0. The summed E-state index contributed by atoms with van der Waals surface area (Å²) in [5.74, 6) is -1.49. The molecule has 1 aliphatic heterocycles. The summed E-state index contributed by atoms with van der Waals surface area (Å²) >= 11 is 0. The second kappa shape index (κ2) is 13.0. The zero-order valence-corrected chi connectivity index (χ0v) is 25.6. The average molecular weight is 631 g/mol. The number of alkyl halides is 3. The number of aryl methyl sites for hydroxylation is 1. The third-order valence-corrected chi connectivity index (χ3v) is 8.67. The first kappa shape index (κ1) is 31.3. The largest absolute Gasteiger partial charge is 0.497 e. The number of anilines is 1. The molecular weight excluding hydrogens is 596 g/mol. The van der Waals surface area contributed by atoms with Gasteiger partial charge in [0.1, 0.15) is 23.9 Å². The van der Waals surface area contributed by atoms with Gasteiger partial charge in [-0.3, -0.25) is 5.01 Å². The van der Waals surface area contributed by atoms with Crippen molar-refractivity contribution in [1.82, 2.24) is 0 Å². The van der Waals surface area contributed by atoms with Gasteiger partial charge in [0.15, 0.2) is 6.04 Å². The standard InChI is InChI=1S/C37H34F4N2O3/c1-23-18-28(31-21-30(45-2)16-17-33(31)38)13-12-27(23)19-24-10-14-29(15-11-24)43-34(36(44)46-22-26-6-4-3-5-7-26)32(20-25-8-9-25)35(42-43)37(39,40)41/h3-7,10-18,21,25,32,34H,8-9,19-20,22H2,1-2H3. The molecule has 4 aromatic rings. The number of carbonyl (C=O) groups is 1. The average Bonchev–Trinajstić information content (AvgIpc) is 3.78. The molecule has 0 bridgehead atoms. The molecule has 46 heavy (non-hydrogen) atoms. The molecule has 4 aromatic carbocycles. The van der Waals surface area contributed by atoms with Crippen LogP contribution >= 0.6 is 0 Å². The first-order valence-electron chi connectivity index (χ1n) is 15.3. The van der Waals surface area contributed by atoms with E-state index in [4.69, 9.17) is 9.47 Å². The molecule has 1 fully saturated rings. The van der Waals surface area contributed by atoms with Crippen LogP contribution in [0, 0.1) is 24.6 Å². The molecule has 9 heteroatoms. The molecule has 2 aliphatic rings. The van der Waals surface area contributed by atoms with E-state index in [2.05, 4.69) is 5.10 Å². The van der Waals surface area contributed by atoms with E-state index in [9.17, 15) is 22.4 Å². The fraction of sp³-hybridized carbons (Fsp3) is 0.297. The third-order valence-electron chi connectivity index (χ3n) is 8.67. The van der Waals surface area contributed by atoms with Crippen LogP contribution in [-0.2, 0) is 22.6 Å². The SMILES string of the molecule is COc1ccc(F)c(-c2ccc(Cc3ccc(N4N=C(C(F)(F)F)C(CC5CC5)C4C(=O)OCc4ccccc4)cc3)c(C)c2)c1. The summed E-state index contributed by atoms with van der Waals surface area (Å²) in [5, 5.41) is 5.21. The molecule has 0 N–H and O–H groups in total. The summed E-state index contributed by atoms with van der Waals surface area (Å²) in [6.07, 6.45) is -2.21. The maximum absolute atomic E-state index is 14.6. The van der Waals surface area contributed by atoms with Crippen LogP contribution in [0.4, 0.5) is 23.2 Å². The Balaban J connectivity index is 1.23. The lowest BCUT2D eigenvalue weighted by Crippen LogP contribution is -2.43. The second-order valence-corrected chi connectivity index (χ2v) is 12.0. The Hall–Kier alpha value is -4.66. The van der Waals surface area contributed by atoms with Crippen LogP contribution in [-0.4, -0.2) is 31.0 Å². The van der Waals surface area contributed by atoms with Gasteiger partial charge in [-0.05, 0) is 83.8 Å². The topological polar surface area (TPSA) is 51.1 Å². The van der Waals surface area contributed by atoms with Gasteiger partial charge in [0.05, 0.1) is 12.8 Å². The second-order valence-electron chi connectivity index (χ2n) is 12.0. The first-order chi connectivity index (χ1) is 22.1. The van der Waals surface area contributed by atoms with Gasteiger partial charge in [0.25, 0.3) is 0 Å². The molecule has 1 saturated carbocycles. The lowest BCUT2D eigenvalue weighted by Gasteiger charge is -2.27. The number of halogens is 4. The molecule has 0 radical (unpaired) electrons. The zero-order valence-electron chi connectivity index (χ0n) is 25.6. The van der Waals surface area contributed by atoms with E-state index in [1.165, 1.54) is 18.2 Å². The van der Waals surface area contributed by atoms with E-state index in [0.29, 0.717) is 23.4 Å². The number of esters is 1. The summed E-state index contributed by atoms with van der Waals surface area (Å²) in [6, 6.07) is 25.2. The van der Waals surface area contributed by atoms with E-state index in [0.717, 1.165) is 40.7 Å². The summed E-state index contributed by atoms with van der Waals surface area (Å²) in [4.78, 5) is 13.5. The molecule has 2 unspecified atom stereocenters. The summed E-state index contributed by atoms with van der Waals surface area (Å²) in [6.45, 7) is 1.91. The Bertz CT molecular complexity index is 1730. The molecule has 2 atom stereocenters. The van der Waals surface area contributed by atoms with Crippen molar-refractivity contribution in [3.8, 4) is 16.9 Å². The molecule has 0 spiro atoms. The number of hydrogen-bond donors (Lipinski definition) is 0. The molecule has 0 saturated heterocycles. The van der Waals surface area contributed by atoms with E-state index in [-0.39, 0.29) is 24.8 Å². The minimum Gasteiger partial charge on any atom is -0.497 e. The molecule has 238 valence electrons. The number of nitrogens with zero attached hydrogens (tertiary/aromatic N) is 2. The highest BCUT2D eigenvalue weighted by atomic mass is 19.4. The van der Waals surface area contributed by atoms with Gasteiger partial charge in [0.2, 0.25) is 0 Å². The molecular formula is C37H34F4N2O3. The van der Waals surface area contributed by atoms with E-state index in [1.54, 1.807) is 36.4 Å². The fourth-order valence-electron chi connectivity index (χ4n) is 5.99. The van der Waals surface area contributed by atoms with Crippen LogP contribution in [0.25, 0.3) is 11.1 Å². The van der Waals surface area contributed by atoms with Crippen LogP contribution in [0.2, 0.25) is 0 Å². The van der Waals surface area contributed by atoms with Crippen molar-refractivity contribution in [3.05, 3.63) is 119 Å². The van der Waals surface area contributed by atoms with Crippen LogP contribution in [0.3, 0.4) is 0 Å². The number of hydrogen-bond acceptors (Lipinski definition) is 5. The molecule has 0 amide bonds. The maximum atomic E-state index is 14.6. The Morgan fingerprint density at radius 3 is 2.33 bits per heavy atom. The lowest BCUT2D eigenvalue weighted by atomic mass is 9.89. The number of rotatable bonds is 10. The van der Waals surface area contributed by atoms with Crippen LogP contribution < -0.4 is 9.75 Å². The monoisotopic (exact) mass is 630 g/mol. The Morgan fingerprint density at radius 2 is 1.67 bits per heavy atom. The van der Waals surface area contributed by atoms with E-state index in [1.807, 2.05) is 55.5 Å². The molecule has 1 heterocycles. The Morgan fingerprint density at radius 1 is 0.935 bits per heavy atom. The zero-order chi connectivity index (χ0) is 32.4. The summed E-state index contributed by atoms with van der Waals surface area (Å²) in [7, 11) is 1.53. The summed E-state index contributed by atoms with van der Waals surface area (Å²) in [5.41, 5.74) is 4.27. The minimum atomic E-state index is -4.68. The van der Waals surface area contributed by atoms with Crippen LogP contribution in [0.1, 0.15) is 41.5 Å². The number of carbonyl (C=O) groups excluding carboxylic acids is 1. The molecule has 5 nitrogen and oxygen atoms in total. The van der Waals surface area contributed by atoms with Crippen molar-refractivity contribution in [2.75, 3.05) is 12.1 Å². The van der Waals surface area contributed by atoms with Gasteiger partial charge >= 0.3 is 12.1 Å². The van der Waals surface area contributed by atoms with Gasteiger partial charge in [-0.1, -0.05) is 73.5 Å².